The van der Waals surface area contributed by atoms with Gasteiger partial charge in [-0.1, -0.05) is 0 Å². The van der Waals surface area contributed by atoms with E-state index >= 15 is 0 Å². The van der Waals surface area contributed by atoms with Gasteiger partial charge in [-0.3, -0.25) is 19.1 Å². The normalized spacial score (nSPS) is 9.86. The van der Waals surface area contributed by atoms with Crippen LogP contribution in [0.15, 0.2) is 9.59 Å². The molecule has 0 aliphatic rings. The minimum Gasteiger partial charge on any atom is -0.494 e. The molecule has 76 valence electrons. The standard InChI is InChI=1S/C7H9N3O4/c1-8-4(11)3-5(12)9-7(14)10(2)6(3)13/h13H,1-2H3,(H,8,11)(H,9,12,14). The van der Waals surface area contributed by atoms with E-state index in [2.05, 4.69) is 5.32 Å². The Morgan fingerprint density at radius 2 is 2.07 bits per heavy atom. The van der Waals surface area contributed by atoms with Crippen molar-refractivity contribution in [1.82, 2.24) is 14.9 Å². The lowest BCUT2D eigenvalue weighted by Crippen LogP contribution is -2.35. The highest BCUT2D eigenvalue weighted by Crippen LogP contribution is 2.06. The van der Waals surface area contributed by atoms with Crippen LogP contribution in [0.3, 0.4) is 0 Å². The van der Waals surface area contributed by atoms with Crippen molar-refractivity contribution >= 4 is 5.91 Å². The molecular formula is C7H9N3O4. The molecule has 0 saturated heterocycles. The summed E-state index contributed by atoms with van der Waals surface area (Å²) in [4.78, 5) is 35.1. The molecule has 0 aliphatic carbocycles. The Bertz CT molecular complexity index is 485. The lowest BCUT2D eigenvalue weighted by molar-refractivity contribution is 0.0957. The first kappa shape index (κ1) is 10.0. The molecule has 0 spiro atoms. The Balaban J connectivity index is 3.61. The van der Waals surface area contributed by atoms with Crippen LogP contribution >= 0.6 is 0 Å². The SMILES string of the molecule is CNC(=O)c1c(O)n(C)c(=O)[nH]c1=O. The van der Waals surface area contributed by atoms with E-state index in [9.17, 15) is 19.5 Å². The van der Waals surface area contributed by atoms with Gasteiger partial charge in [0, 0.05) is 14.1 Å². The topological polar surface area (TPSA) is 104 Å². The number of carbonyl (C=O) groups excluding carboxylic acids is 1. The van der Waals surface area contributed by atoms with Gasteiger partial charge in [0.25, 0.3) is 11.5 Å². The first-order valence-corrected chi connectivity index (χ1v) is 3.73. The Morgan fingerprint density at radius 1 is 1.50 bits per heavy atom. The number of H-pyrrole nitrogens is 1. The number of nitrogens with zero attached hydrogens (tertiary/aromatic N) is 1. The Kier molecular flexibility index (Phi) is 2.41. The number of aromatic hydroxyl groups is 1. The van der Waals surface area contributed by atoms with Crippen molar-refractivity contribution in [2.45, 2.75) is 0 Å². The number of aromatic nitrogens is 2. The minimum absolute atomic E-state index is 0.477. The maximum atomic E-state index is 11.1. The summed E-state index contributed by atoms with van der Waals surface area (Å²) in [5, 5.41) is 11.5. The average Bonchev–Trinajstić information content (AvgIpc) is 2.14. The molecule has 1 aromatic heterocycles. The second kappa shape index (κ2) is 3.36. The van der Waals surface area contributed by atoms with Gasteiger partial charge in [0.05, 0.1) is 0 Å². The zero-order valence-electron chi connectivity index (χ0n) is 7.62. The van der Waals surface area contributed by atoms with Crippen molar-refractivity contribution in [3.8, 4) is 5.88 Å². The van der Waals surface area contributed by atoms with Gasteiger partial charge in [0.2, 0.25) is 5.88 Å². The summed E-state index contributed by atoms with van der Waals surface area (Å²) in [6.45, 7) is 0. The van der Waals surface area contributed by atoms with Crippen molar-refractivity contribution < 1.29 is 9.90 Å². The highest BCUT2D eigenvalue weighted by atomic mass is 16.3. The summed E-state index contributed by atoms with van der Waals surface area (Å²) in [6.07, 6.45) is 0. The third kappa shape index (κ3) is 1.39. The van der Waals surface area contributed by atoms with Crippen LogP contribution in [-0.2, 0) is 7.05 Å². The lowest BCUT2D eigenvalue weighted by atomic mass is 10.3. The van der Waals surface area contributed by atoms with Crippen LogP contribution in [0.25, 0.3) is 0 Å². The van der Waals surface area contributed by atoms with E-state index in [1.165, 1.54) is 14.1 Å². The van der Waals surface area contributed by atoms with Crippen molar-refractivity contribution in [2.24, 2.45) is 7.05 Å². The van der Waals surface area contributed by atoms with E-state index in [1.54, 1.807) is 0 Å². The summed E-state index contributed by atoms with van der Waals surface area (Å²) in [5.74, 6) is -1.41. The fourth-order valence-electron chi connectivity index (χ4n) is 0.939. The molecule has 0 atom stereocenters. The third-order valence-corrected chi connectivity index (χ3v) is 1.75. The zero-order valence-corrected chi connectivity index (χ0v) is 7.62. The first-order chi connectivity index (χ1) is 6.49. The fourth-order valence-corrected chi connectivity index (χ4v) is 0.939. The first-order valence-electron chi connectivity index (χ1n) is 3.73. The van der Waals surface area contributed by atoms with Crippen LogP contribution < -0.4 is 16.6 Å². The molecule has 0 bridgehead atoms. The van der Waals surface area contributed by atoms with E-state index in [0.29, 0.717) is 0 Å². The van der Waals surface area contributed by atoms with Gasteiger partial charge in [-0.2, -0.15) is 0 Å². The van der Waals surface area contributed by atoms with Crippen LogP contribution in [0.2, 0.25) is 0 Å². The summed E-state index contributed by atoms with van der Waals surface area (Å²) >= 11 is 0. The molecule has 7 heteroatoms. The summed E-state index contributed by atoms with van der Waals surface area (Å²) in [5.41, 5.74) is -2.17. The summed E-state index contributed by atoms with van der Waals surface area (Å²) in [6, 6.07) is 0. The molecule has 0 fully saturated rings. The molecule has 1 amide bonds. The number of amides is 1. The van der Waals surface area contributed by atoms with E-state index < -0.39 is 28.6 Å². The van der Waals surface area contributed by atoms with E-state index in [4.69, 9.17) is 0 Å². The number of rotatable bonds is 1. The summed E-state index contributed by atoms with van der Waals surface area (Å²) in [7, 11) is 2.55. The highest BCUT2D eigenvalue weighted by Gasteiger charge is 2.17. The van der Waals surface area contributed by atoms with Gasteiger partial charge in [0.1, 0.15) is 0 Å². The van der Waals surface area contributed by atoms with Crippen LogP contribution in [0.5, 0.6) is 5.88 Å². The Hall–Kier alpha value is -2.05. The Labute approximate surface area is 78.0 Å². The monoisotopic (exact) mass is 199 g/mol. The molecule has 0 saturated carbocycles. The second-order valence-electron chi connectivity index (χ2n) is 2.60. The van der Waals surface area contributed by atoms with Gasteiger partial charge in [-0.05, 0) is 0 Å². The second-order valence-corrected chi connectivity index (χ2v) is 2.60. The maximum Gasteiger partial charge on any atom is 0.330 e. The Morgan fingerprint density at radius 3 is 2.57 bits per heavy atom. The van der Waals surface area contributed by atoms with Gasteiger partial charge in [-0.15, -0.1) is 0 Å². The largest absolute Gasteiger partial charge is 0.494 e. The lowest BCUT2D eigenvalue weighted by Gasteiger charge is -2.04. The maximum absolute atomic E-state index is 11.1. The van der Waals surface area contributed by atoms with E-state index in [-0.39, 0.29) is 0 Å². The van der Waals surface area contributed by atoms with Crippen molar-refractivity contribution in [3.05, 3.63) is 26.4 Å². The highest BCUT2D eigenvalue weighted by molar-refractivity contribution is 5.95. The smallest absolute Gasteiger partial charge is 0.330 e. The summed E-state index contributed by atoms with van der Waals surface area (Å²) < 4.78 is 0.770. The van der Waals surface area contributed by atoms with Crippen molar-refractivity contribution in [3.63, 3.8) is 0 Å². The van der Waals surface area contributed by atoms with Crippen molar-refractivity contribution in [1.29, 1.82) is 0 Å². The predicted molar refractivity (Wildman–Crippen MR) is 47.4 cm³/mol. The number of carbonyl (C=O) groups is 1. The molecule has 1 aromatic rings. The molecule has 3 N–H and O–H groups in total. The number of hydrogen-bond donors (Lipinski definition) is 3. The van der Waals surface area contributed by atoms with Crippen LogP contribution in [0.1, 0.15) is 10.4 Å². The average molecular weight is 199 g/mol. The fraction of sp³-hybridized carbons (Fsp3) is 0.286. The van der Waals surface area contributed by atoms with Gasteiger partial charge < -0.3 is 10.4 Å². The molecular weight excluding hydrogens is 190 g/mol. The number of nitrogens with one attached hydrogen (secondary N) is 2. The third-order valence-electron chi connectivity index (χ3n) is 1.75. The molecule has 1 rings (SSSR count). The van der Waals surface area contributed by atoms with Crippen LogP contribution in [-0.4, -0.2) is 27.6 Å². The minimum atomic E-state index is -0.912. The zero-order chi connectivity index (χ0) is 10.9. The predicted octanol–water partition coefficient (Wildman–Crippen LogP) is -1.86. The van der Waals surface area contributed by atoms with E-state index in [1.807, 2.05) is 4.98 Å². The van der Waals surface area contributed by atoms with Gasteiger partial charge in [-0.25, -0.2) is 4.79 Å². The van der Waals surface area contributed by atoms with E-state index in [0.717, 1.165) is 4.57 Å². The molecule has 0 aliphatic heterocycles. The molecule has 7 nitrogen and oxygen atoms in total. The van der Waals surface area contributed by atoms with Crippen LogP contribution in [0, 0.1) is 0 Å². The number of hydrogen-bond acceptors (Lipinski definition) is 4. The quantitative estimate of drug-likeness (QED) is 0.493. The van der Waals surface area contributed by atoms with Crippen LogP contribution in [0.4, 0.5) is 0 Å². The molecule has 1 heterocycles. The van der Waals surface area contributed by atoms with Gasteiger partial charge >= 0.3 is 5.69 Å². The molecule has 0 radical (unpaired) electrons. The molecule has 0 unspecified atom stereocenters. The van der Waals surface area contributed by atoms with Crippen molar-refractivity contribution in [2.75, 3.05) is 7.05 Å². The number of aromatic amines is 1. The molecule has 14 heavy (non-hydrogen) atoms. The van der Waals surface area contributed by atoms with Gasteiger partial charge in [0.15, 0.2) is 5.56 Å². The molecule has 0 aromatic carbocycles.